The summed E-state index contributed by atoms with van der Waals surface area (Å²) >= 11 is 0. The second-order valence-electron chi connectivity index (χ2n) is 4.94. The van der Waals surface area contributed by atoms with Gasteiger partial charge in [0.25, 0.3) is 0 Å². The Morgan fingerprint density at radius 1 is 1.33 bits per heavy atom. The van der Waals surface area contributed by atoms with E-state index in [4.69, 9.17) is 10.5 Å². The van der Waals surface area contributed by atoms with Crippen LogP contribution in [0.1, 0.15) is 46.0 Å². The van der Waals surface area contributed by atoms with Crippen LogP contribution in [0.3, 0.4) is 0 Å². The fourth-order valence-corrected chi connectivity index (χ4v) is 2.07. The largest absolute Gasteiger partial charge is 0.381 e. The maximum absolute atomic E-state index is 5.98. The molecule has 0 aromatic carbocycles. The van der Waals surface area contributed by atoms with Crippen molar-refractivity contribution in [2.24, 2.45) is 5.73 Å². The first kappa shape index (κ1) is 12.9. The Hall–Kier alpha value is -0.120. The van der Waals surface area contributed by atoms with E-state index in [1.165, 1.54) is 6.42 Å². The van der Waals surface area contributed by atoms with E-state index in [1.807, 2.05) is 0 Å². The van der Waals surface area contributed by atoms with Crippen molar-refractivity contribution in [2.45, 2.75) is 57.5 Å². The van der Waals surface area contributed by atoms with Crippen LogP contribution < -0.4 is 11.1 Å². The molecule has 3 heteroatoms. The van der Waals surface area contributed by atoms with E-state index in [-0.39, 0.29) is 5.54 Å². The quantitative estimate of drug-likeness (QED) is 0.707. The zero-order chi connectivity index (χ0) is 11.1. The summed E-state index contributed by atoms with van der Waals surface area (Å²) in [6, 6.07) is 0.367. The first-order valence-electron chi connectivity index (χ1n) is 6.24. The van der Waals surface area contributed by atoms with Crippen LogP contribution in [-0.2, 0) is 4.74 Å². The van der Waals surface area contributed by atoms with Gasteiger partial charge in [0.1, 0.15) is 0 Å². The third-order valence-electron chi connectivity index (χ3n) is 3.32. The summed E-state index contributed by atoms with van der Waals surface area (Å²) < 4.78 is 5.37. The van der Waals surface area contributed by atoms with Gasteiger partial charge < -0.3 is 15.8 Å². The molecule has 0 aromatic heterocycles. The molecule has 0 bridgehead atoms. The minimum atomic E-state index is 0.282. The molecular weight excluding hydrogens is 188 g/mol. The van der Waals surface area contributed by atoms with Gasteiger partial charge in [0.05, 0.1) is 0 Å². The summed E-state index contributed by atoms with van der Waals surface area (Å²) in [6.45, 7) is 7.31. The fraction of sp³-hybridized carbons (Fsp3) is 1.00. The summed E-state index contributed by atoms with van der Waals surface area (Å²) in [4.78, 5) is 0. The Balaban J connectivity index is 2.12. The molecule has 0 aliphatic carbocycles. The average Bonchev–Trinajstić information content (AvgIpc) is 2.19. The highest BCUT2D eigenvalue weighted by molar-refractivity contribution is 4.85. The van der Waals surface area contributed by atoms with Crippen molar-refractivity contribution in [1.29, 1.82) is 0 Å². The average molecular weight is 214 g/mol. The smallest absolute Gasteiger partial charge is 0.0483 e. The zero-order valence-corrected chi connectivity index (χ0v) is 10.2. The van der Waals surface area contributed by atoms with Gasteiger partial charge in [0.15, 0.2) is 0 Å². The van der Waals surface area contributed by atoms with Crippen molar-refractivity contribution in [3.05, 3.63) is 0 Å². The van der Waals surface area contributed by atoms with Crippen molar-refractivity contribution in [3.8, 4) is 0 Å². The van der Waals surface area contributed by atoms with Gasteiger partial charge in [0.2, 0.25) is 0 Å². The first-order chi connectivity index (χ1) is 7.16. The number of nitrogens with two attached hydrogens (primary N) is 1. The third-order valence-corrected chi connectivity index (χ3v) is 3.32. The van der Waals surface area contributed by atoms with Gasteiger partial charge in [-0.05, 0) is 39.2 Å². The fourth-order valence-electron chi connectivity index (χ4n) is 2.07. The lowest BCUT2D eigenvalue weighted by Gasteiger charge is -2.35. The molecule has 3 nitrogen and oxygen atoms in total. The molecule has 1 fully saturated rings. The van der Waals surface area contributed by atoms with Crippen LogP contribution in [-0.4, -0.2) is 31.3 Å². The molecule has 1 aliphatic heterocycles. The van der Waals surface area contributed by atoms with E-state index >= 15 is 0 Å². The van der Waals surface area contributed by atoms with Crippen molar-refractivity contribution in [1.82, 2.24) is 5.32 Å². The molecule has 15 heavy (non-hydrogen) atoms. The summed E-state index contributed by atoms with van der Waals surface area (Å²) in [5, 5.41) is 3.63. The Morgan fingerprint density at radius 3 is 2.60 bits per heavy atom. The van der Waals surface area contributed by atoms with Gasteiger partial charge in [-0.2, -0.15) is 0 Å². The molecule has 1 unspecified atom stereocenters. The topological polar surface area (TPSA) is 47.3 Å². The maximum Gasteiger partial charge on any atom is 0.0483 e. The van der Waals surface area contributed by atoms with Gasteiger partial charge in [-0.15, -0.1) is 0 Å². The monoisotopic (exact) mass is 214 g/mol. The van der Waals surface area contributed by atoms with Gasteiger partial charge in [-0.1, -0.05) is 13.3 Å². The third kappa shape index (κ3) is 4.96. The van der Waals surface area contributed by atoms with E-state index in [9.17, 15) is 0 Å². The van der Waals surface area contributed by atoms with Crippen LogP contribution in [0.2, 0.25) is 0 Å². The molecule has 1 rings (SSSR count). The highest BCUT2D eigenvalue weighted by Gasteiger charge is 2.26. The normalized spacial score (nSPS) is 22.6. The Bertz CT molecular complexity index is 167. The summed E-state index contributed by atoms with van der Waals surface area (Å²) in [6.07, 6.45) is 5.66. The van der Waals surface area contributed by atoms with Crippen molar-refractivity contribution in [2.75, 3.05) is 19.8 Å². The molecule has 0 spiro atoms. The Morgan fingerprint density at radius 2 is 2.00 bits per heavy atom. The molecule has 1 atom stereocenters. The molecule has 3 N–H and O–H groups in total. The predicted octanol–water partition coefficient (Wildman–Crippen LogP) is 1.66. The van der Waals surface area contributed by atoms with Crippen LogP contribution in [0.15, 0.2) is 0 Å². The number of hydrogen-bond donors (Lipinski definition) is 2. The number of ether oxygens (including phenoxy) is 1. The molecule has 90 valence electrons. The van der Waals surface area contributed by atoms with Gasteiger partial charge in [0, 0.05) is 24.8 Å². The molecule has 0 amide bonds. The highest BCUT2D eigenvalue weighted by Crippen LogP contribution is 2.19. The summed E-state index contributed by atoms with van der Waals surface area (Å²) in [5.74, 6) is 0. The molecular formula is C12H26N2O. The van der Waals surface area contributed by atoms with Crippen molar-refractivity contribution >= 4 is 0 Å². The second kappa shape index (κ2) is 6.46. The molecule has 0 radical (unpaired) electrons. The molecule has 0 aromatic rings. The van der Waals surface area contributed by atoms with Crippen LogP contribution in [0.4, 0.5) is 0 Å². The van der Waals surface area contributed by atoms with E-state index in [1.54, 1.807) is 0 Å². The Labute approximate surface area is 93.8 Å². The zero-order valence-electron chi connectivity index (χ0n) is 10.2. The van der Waals surface area contributed by atoms with Crippen molar-refractivity contribution in [3.63, 3.8) is 0 Å². The highest BCUT2D eigenvalue weighted by atomic mass is 16.5. The van der Waals surface area contributed by atoms with Crippen LogP contribution >= 0.6 is 0 Å². The molecule has 0 saturated carbocycles. The predicted molar refractivity (Wildman–Crippen MR) is 64.0 cm³/mol. The standard InChI is InChI=1S/C12H26N2O/c1-3-4-11(13)5-8-14-12(2)6-9-15-10-7-12/h11,14H,3-10,13H2,1-2H3. The van der Waals surface area contributed by atoms with Crippen LogP contribution in [0.5, 0.6) is 0 Å². The minimum Gasteiger partial charge on any atom is -0.381 e. The number of hydrogen-bond acceptors (Lipinski definition) is 3. The SMILES string of the molecule is CCCC(N)CCNC1(C)CCOCC1. The lowest BCUT2D eigenvalue weighted by atomic mass is 9.92. The number of rotatable bonds is 6. The molecule has 1 heterocycles. The van der Waals surface area contributed by atoms with Crippen LogP contribution in [0, 0.1) is 0 Å². The van der Waals surface area contributed by atoms with Gasteiger partial charge >= 0.3 is 0 Å². The van der Waals surface area contributed by atoms with Gasteiger partial charge in [-0.3, -0.25) is 0 Å². The second-order valence-corrected chi connectivity index (χ2v) is 4.94. The first-order valence-corrected chi connectivity index (χ1v) is 6.24. The Kier molecular flexibility index (Phi) is 5.58. The molecule has 1 saturated heterocycles. The number of nitrogens with one attached hydrogen (secondary N) is 1. The summed E-state index contributed by atoms with van der Waals surface area (Å²) in [7, 11) is 0. The van der Waals surface area contributed by atoms with E-state index < -0.39 is 0 Å². The minimum absolute atomic E-state index is 0.282. The van der Waals surface area contributed by atoms with E-state index in [0.717, 1.165) is 45.4 Å². The molecule has 1 aliphatic rings. The summed E-state index contributed by atoms with van der Waals surface area (Å²) in [5.41, 5.74) is 6.26. The maximum atomic E-state index is 5.98. The lowest BCUT2D eigenvalue weighted by molar-refractivity contribution is 0.0451. The lowest BCUT2D eigenvalue weighted by Crippen LogP contribution is -2.47. The van der Waals surface area contributed by atoms with E-state index in [2.05, 4.69) is 19.2 Å². The van der Waals surface area contributed by atoms with Gasteiger partial charge in [-0.25, -0.2) is 0 Å². The van der Waals surface area contributed by atoms with E-state index in [0.29, 0.717) is 6.04 Å². The van der Waals surface area contributed by atoms with Crippen LogP contribution in [0.25, 0.3) is 0 Å². The van der Waals surface area contributed by atoms with Crippen molar-refractivity contribution < 1.29 is 4.74 Å².